The van der Waals surface area contributed by atoms with Gasteiger partial charge in [0.25, 0.3) is 0 Å². The molecular weight excluding hydrogens is 212 g/mol. The third-order valence-corrected chi connectivity index (χ3v) is 1.84. The van der Waals surface area contributed by atoms with Crippen molar-refractivity contribution in [2.45, 2.75) is 19.1 Å². The number of rotatable bonds is 2. The maximum absolute atomic E-state index is 13.0. The first-order valence-corrected chi connectivity index (χ1v) is 3.91. The first-order valence-electron chi connectivity index (χ1n) is 3.91. The van der Waals surface area contributed by atoms with Crippen LogP contribution in [0.2, 0.25) is 0 Å². The van der Waals surface area contributed by atoms with Crippen molar-refractivity contribution in [1.82, 2.24) is 0 Å². The molecule has 1 aromatic rings. The zero-order valence-corrected chi connectivity index (χ0v) is 8.39. The Kier molecular flexibility index (Phi) is 4.97. The number of aliphatic hydroxyl groups is 1. The average molecular weight is 224 g/mol. The van der Waals surface area contributed by atoms with Crippen LogP contribution >= 0.6 is 12.4 Å². The lowest BCUT2D eigenvalue weighted by Crippen LogP contribution is -2.24. The molecule has 0 unspecified atom stereocenters. The Morgan fingerprint density at radius 3 is 2.36 bits per heavy atom. The molecule has 2 atom stereocenters. The van der Waals surface area contributed by atoms with Crippen LogP contribution < -0.4 is 5.73 Å². The van der Waals surface area contributed by atoms with Crippen molar-refractivity contribution in [3.63, 3.8) is 0 Å². The molecule has 14 heavy (non-hydrogen) atoms. The van der Waals surface area contributed by atoms with E-state index in [1.54, 1.807) is 0 Å². The minimum Gasteiger partial charge on any atom is -0.391 e. The first kappa shape index (κ1) is 13.3. The Balaban J connectivity index is 0.00000169. The van der Waals surface area contributed by atoms with E-state index < -0.39 is 23.8 Å². The van der Waals surface area contributed by atoms with Crippen molar-refractivity contribution in [3.05, 3.63) is 35.4 Å². The second-order valence-corrected chi connectivity index (χ2v) is 2.93. The predicted octanol–water partition coefficient (Wildman–Crippen LogP) is 1.77. The summed E-state index contributed by atoms with van der Waals surface area (Å²) in [6.45, 7) is 1.45. The Bertz CT molecular complexity index is 307. The number of hydrogen-bond donors (Lipinski definition) is 2. The number of halogens is 3. The standard InChI is InChI=1S/C9H11F2NO.ClH/c1-5(13)9(12)7-3-2-6(10)4-8(7)11;/h2-5,9,13H,12H2,1H3;1H/t5-,9-;/m0./s1. The van der Waals surface area contributed by atoms with Gasteiger partial charge in [0, 0.05) is 11.6 Å². The van der Waals surface area contributed by atoms with Crippen molar-refractivity contribution in [2.75, 3.05) is 0 Å². The maximum Gasteiger partial charge on any atom is 0.130 e. The van der Waals surface area contributed by atoms with Crippen LogP contribution in [0, 0.1) is 11.6 Å². The fourth-order valence-electron chi connectivity index (χ4n) is 1.03. The van der Waals surface area contributed by atoms with Crippen molar-refractivity contribution < 1.29 is 13.9 Å². The Morgan fingerprint density at radius 1 is 1.36 bits per heavy atom. The average Bonchev–Trinajstić information content (AvgIpc) is 2.03. The van der Waals surface area contributed by atoms with E-state index in [1.807, 2.05) is 0 Å². The summed E-state index contributed by atoms with van der Waals surface area (Å²) >= 11 is 0. The van der Waals surface area contributed by atoms with Crippen LogP contribution in [0.3, 0.4) is 0 Å². The summed E-state index contributed by atoms with van der Waals surface area (Å²) in [4.78, 5) is 0. The molecule has 0 radical (unpaired) electrons. The van der Waals surface area contributed by atoms with Crippen LogP contribution in [0.25, 0.3) is 0 Å². The Labute approximate surface area is 87.1 Å². The lowest BCUT2D eigenvalue weighted by Gasteiger charge is -2.15. The van der Waals surface area contributed by atoms with Crippen LogP contribution in [0.1, 0.15) is 18.5 Å². The SMILES string of the molecule is C[C@H](O)[C@H](N)c1ccc(F)cc1F.Cl. The third kappa shape index (κ3) is 2.90. The molecule has 0 aliphatic carbocycles. The number of aliphatic hydroxyl groups excluding tert-OH is 1. The van der Waals surface area contributed by atoms with E-state index in [-0.39, 0.29) is 18.0 Å². The molecule has 0 bridgehead atoms. The fraction of sp³-hybridized carbons (Fsp3) is 0.333. The van der Waals surface area contributed by atoms with Gasteiger partial charge in [0.05, 0.1) is 12.1 Å². The first-order chi connectivity index (χ1) is 6.02. The van der Waals surface area contributed by atoms with Crippen LogP contribution in [0.15, 0.2) is 18.2 Å². The minimum absolute atomic E-state index is 0. The molecule has 0 spiro atoms. The molecule has 0 aromatic heterocycles. The summed E-state index contributed by atoms with van der Waals surface area (Å²) in [5.41, 5.74) is 5.60. The number of nitrogens with two attached hydrogens (primary N) is 1. The molecule has 0 amide bonds. The third-order valence-electron chi connectivity index (χ3n) is 1.84. The van der Waals surface area contributed by atoms with E-state index in [2.05, 4.69) is 0 Å². The quantitative estimate of drug-likeness (QED) is 0.803. The van der Waals surface area contributed by atoms with Crippen molar-refractivity contribution in [3.8, 4) is 0 Å². The second kappa shape index (κ2) is 5.24. The van der Waals surface area contributed by atoms with Gasteiger partial charge >= 0.3 is 0 Å². The molecule has 0 saturated carbocycles. The molecule has 0 saturated heterocycles. The van der Waals surface area contributed by atoms with E-state index in [4.69, 9.17) is 10.8 Å². The lowest BCUT2D eigenvalue weighted by atomic mass is 10.0. The largest absolute Gasteiger partial charge is 0.391 e. The predicted molar refractivity (Wildman–Crippen MR) is 52.2 cm³/mol. The molecule has 0 aliphatic rings. The van der Waals surface area contributed by atoms with E-state index in [1.165, 1.54) is 13.0 Å². The molecule has 5 heteroatoms. The normalized spacial score (nSPS) is 14.4. The van der Waals surface area contributed by atoms with Gasteiger partial charge in [-0.1, -0.05) is 6.07 Å². The molecule has 2 nitrogen and oxygen atoms in total. The van der Waals surface area contributed by atoms with Crippen molar-refractivity contribution in [2.24, 2.45) is 5.73 Å². The lowest BCUT2D eigenvalue weighted by molar-refractivity contribution is 0.162. The summed E-state index contributed by atoms with van der Waals surface area (Å²) in [5.74, 6) is -1.38. The summed E-state index contributed by atoms with van der Waals surface area (Å²) in [5, 5.41) is 9.08. The van der Waals surface area contributed by atoms with Gasteiger partial charge in [-0.05, 0) is 13.0 Å². The van der Waals surface area contributed by atoms with Crippen LogP contribution in [-0.4, -0.2) is 11.2 Å². The summed E-state index contributed by atoms with van der Waals surface area (Å²) in [7, 11) is 0. The highest BCUT2D eigenvalue weighted by molar-refractivity contribution is 5.85. The van der Waals surface area contributed by atoms with E-state index in [9.17, 15) is 8.78 Å². The van der Waals surface area contributed by atoms with Gasteiger partial charge in [-0.25, -0.2) is 8.78 Å². The summed E-state index contributed by atoms with van der Waals surface area (Å²) < 4.78 is 25.5. The molecule has 0 aliphatic heterocycles. The molecule has 1 aromatic carbocycles. The topological polar surface area (TPSA) is 46.2 Å². The highest BCUT2D eigenvalue weighted by Gasteiger charge is 2.16. The molecule has 3 N–H and O–H groups in total. The molecule has 0 heterocycles. The van der Waals surface area contributed by atoms with Crippen LogP contribution in [-0.2, 0) is 0 Å². The smallest absolute Gasteiger partial charge is 0.130 e. The van der Waals surface area contributed by atoms with E-state index in [0.717, 1.165) is 12.1 Å². The number of benzene rings is 1. The van der Waals surface area contributed by atoms with Gasteiger partial charge < -0.3 is 10.8 Å². The molecule has 80 valence electrons. The molecular formula is C9H12ClF2NO. The van der Waals surface area contributed by atoms with Crippen molar-refractivity contribution >= 4 is 12.4 Å². The Morgan fingerprint density at radius 2 is 1.93 bits per heavy atom. The maximum atomic E-state index is 13.0. The van der Waals surface area contributed by atoms with Crippen LogP contribution in [0.5, 0.6) is 0 Å². The van der Waals surface area contributed by atoms with Gasteiger partial charge in [-0.3, -0.25) is 0 Å². The van der Waals surface area contributed by atoms with Gasteiger partial charge in [0.2, 0.25) is 0 Å². The highest BCUT2D eigenvalue weighted by Crippen LogP contribution is 2.18. The van der Waals surface area contributed by atoms with Crippen LogP contribution in [0.4, 0.5) is 8.78 Å². The second-order valence-electron chi connectivity index (χ2n) is 2.93. The van der Waals surface area contributed by atoms with E-state index in [0.29, 0.717) is 0 Å². The molecule has 0 fully saturated rings. The monoisotopic (exact) mass is 223 g/mol. The van der Waals surface area contributed by atoms with Gasteiger partial charge in [-0.2, -0.15) is 0 Å². The number of hydrogen-bond acceptors (Lipinski definition) is 2. The Hall–Kier alpha value is -0.710. The summed E-state index contributed by atoms with van der Waals surface area (Å²) in [6.07, 6.45) is -0.861. The molecule has 1 rings (SSSR count). The fourth-order valence-corrected chi connectivity index (χ4v) is 1.03. The summed E-state index contributed by atoms with van der Waals surface area (Å²) in [6, 6.07) is 2.28. The van der Waals surface area contributed by atoms with Crippen molar-refractivity contribution in [1.29, 1.82) is 0 Å². The van der Waals surface area contributed by atoms with Gasteiger partial charge in [0.1, 0.15) is 11.6 Å². The van der Waals surface area contributed by atoms with E-state index >= 15 is 0 Å². The zero-order chi connectivity index (χ0) is 10.0. The van der Waals surface area contributed by atoms with Gasteiger partial charge in [-0.15, -0.1) is 12.4 Å². The zero-order valence-electron chi connectivity index (χ0n) is 7.58. The minimum atomic E-state index is -0.861. The van der Waals surface area contributed by atoms with Gasteiger partial charge in [0.15, 0.2) is 0 Å². The highest BCUT2D eigenvalue weighted by atomic mass is 35.5.